The van der Waals surface area contributed by atoms with E-state index in [1.54, 1.807) is 0 Å². The number of hydrogen-bond acceptors (Lipinski definition) is 0. The van der Waals surface area contributed by atoms with Crippen LogP contribution in [0.1, 0.15) is 22.6 Å². The van der Waals surface area contributed by atoms with E-state index in [0.717, 1.165) is 0 Å². The Balaban J connectivity index is 0.00000182. The molecular weight excluding hydrogens is 442 g/mol. The maximum absolute atomic E-state index is 2.26. The van der Waals surface area contributed by atoms with E-state index in [4.69, 9.17) is 0 Å². The Morgan fingerprint density at radius 3 is 1.39 bits per heavy atom. The molecule has 0 amide bonds. The van der Waals surface area contributed by atoms with Crippen molar-refractivity contribution in [2.45, 2.75) is 5.92 Å². The molecule has 0 nitrogen and oxygen atoms in total. The van der Waals surface area contributed by atoms with Gasteiger partial charge in [-0.3, -0.25) is 0 Å². The molecule has 0 radical (unpaired) electrons. The van der Waals surface area contributed by atoms with Crippen LogP contribution in [0.15, 0.2) is 109 Å². The van der Waals surface area contributed by atoms with E-state index in [2.05, 4.69) is 109 Å². The predicted octanol–water partition coefficient (Wildman–Crippen LogP) is -2.74. The van der Waals surface area contributed by atoms with Gasteiger partial charge in [-0.2, -0.15) is 12.1 Å². The van der Waals surface area contributed by atoms with Gasteiger partial charge < -0.3 is 37.2 Å². The van der Waals surface area contributed by atoms with Crippen molar-refractivity contribution in [2.75, 3.05) is 0 Å². The van der Waals surface area contributed by atoms with Crippen molar-refractivity contribution in [2.24, 2.45) is 0 Å². The molecule has 4 aromatic carbocycles. The van der Waals surface area contributed by atoms with Gasteiger partial charge in [-0.05, 0) is 17.0 Å². The largest absolute Gasteiger partial charge is 4.00 e. The second-order valence-electron chi connectivity index (χ2n) is 6.02. The van der Waals surface area contributed by atoms with Gasteiger partial charge in [-0.25, -0.2) is 0 Å². The van der Waals surface area contributed by atoms with Gasteiger partial charge in [0, 0.05) is 0 Å². The second-order valence-corrected chi connectivity index (χ2v) is 6.02. The molecular formula is C24H19Cl3Ti. The molecule has 28 heavy (non-hydrogen) atoms. The summed E-state index contributed by atoms with van der Waals surface area (Å²) in [6.07, 6.45) is 0. The molecule has 140 valence electrons. The van der Waals surface area contributed by atoms with Crippen LogP contribution in [0.4, 0.5) is 0 Å². The van der Waals surface area contributed by atoms with Crippen molar-refractivity contribution < 1.29 is 58.9 Å². The van der Waals surface area contributed by atoms with Gasteiger partial charge in [0.2, 0.25) is 0 Å². The van der Waals surface area contributed by atoms with Gasteiger partial charge in [0.1, 0.15) is 0 Å². The molecule has 0 spiro atoms. The van der Waals surface area contributed by atoms with E-state index in [0.29, 0.717) is 0 Å². The van der Waals surface area contributed by atoms with E-state index in [1.807, 2.05) is 0 Å². The SMILES string of the molecule is [Cl-].[Cl-].[Cl-].[Ti+4].c1ccc(-c2ccc[c-]2C(c2ccccc2)c2ccccc2)cc1. The average Bonchev–Trinajstić information content (AvgIpc) is 3.14. The summed E-state index contributed by atoms with van der Waals surface area (Å²) in [5, 5.41) is 0. The quantitative estimate of drug-likeness (QED) is 0.229. The van der Waals surface area contributed by atoms with Crippen molar-refractivity contribution >= 4 is 0 Å². The van der Waals surface area contributed by atoms with Crippen LogP contribution >= 0.6 is 0 Å². The van der Waals surface area contributed by atoms with E-state index in [9.17, 15) is 0 Å². The maximum atomic E-state index is 2.26. The summed E-state index contributed by atoms with van der Waals surface area (Å²) in [4.78, 5) is 0. The Morgan fingerprint density at radius 1 is 0.500 bits per heavy atom. The standard InChI is InChI=1S/C24H19.3ClH.Ti/c1-4-11-19(12-5-1)22-17-10-18-23(22)24(20-13-6-2-7-14-20)21-15-8-3-9-16-21;;;;/h1-18,24H;3*1H;/q-1;;;;+4/p-3. The van der Waals surface area contributed by atoms with Crippen LogP contribution in [-0.4, -0.2) is 0 Å². The van der Waals surface area contributed by atoms with E-state index >= 15 is 0 Å². The molecule has 0 bridgehead atoms. The summed E-state index contributed by atoms with van der Waals surface area (Å²) >= 11 is 0. The molecule has 0 unspecified atom stereocenters. The Morgan fingerprint density at radius 2 is 0.929 bits per heavy atom. The van der Waals surface area contributed by atoms with Crippen LogP contribution < -0.4 is 37.2 Å². The molecule has 0 aliphatic rings. The van der Waals surface area contributed by atoms with Gasteiger partial charge in [-0.15, -0.1) is 17.2 Å². The predicted molar refractivity (Wildman–Crippen MR) is 101 cm³/mol. The smallest absolute Gasteiger partial charge is 1.00 e. The maximum Gasteiger partial charge on any atom is 4.00 e. The normalized spacial score (nSPS) is 9.32. The molecule has 0 heterocycles. The summed E-state index contributed by atoms with van der Waals surface area (Å²) in [6, 6.07) is 38.8. The van der Waals surface area contributed by atoms with E-state index in [1.165, 1.54) is 27.8 Å². The molecule has 0 fully saturated rings. The topological polar surface area (TPSA) is 0 Å². The van der Waals surface area contributed by atoms with Gasteiger partial charge >= 0.3 is 21.7 Å². The third-order valence-electron chi connectivity index (χ3n) is 4.51. The zero-order chi connectivity index (χ0) is 16.2. The fraction of sp³-hybridized carbons (Fsp3) is 0.0417. The molecule has 0 aliphatic heterocycles. The van der Waals surface area contributed by atoms with Crippen molar-refractivity contribution in [3.05, 3.63) is 126 Å². The first kappa shape index (κ1) is 26.6. The van der Waals surface area contributed by atoms with Crippen molar-refractivity contribution in [3.8, 4) is 11.1 Å². The summed E-state index contributed by atoms with van der Waals surface area (Å²) in [5.74, 6) is 0.248. The molecule has 0 N–H and O–H groups in total. The van der Waals surface area contributed by atoms with Crippen LogP contribution in [0.25, 0.3) is 11.1 Å². The van der Waals surface area contributed by atoms with E-state index in [-0.39, 0.29) is 64.9 Å². The first-order chi connectivity index (χ1) is 11.9. The Bertz CT molecular complexity index is 867. The van der Waals surface area contributed by atoms with Gasteiger partial charge in [0.05, 0.1) is 0 Å². The summed E-state index contributed by atoms with van der Waals surface area (Å²) in [7, 11) is 0. The molecule has 0 saturated heterocycles. The number of halogens is 3. The van der Waals surface area contributed by atoms with E-state index < -0.39 is 0 Å². The molecule has 0 atom stereocenters. The Kier molecular flexibility index (Phi) is 12.3. The number of hydrogen-bond donors (Lipinski definition) is 0. The zero-order valence-electron chi connectivity index (χ0n) is 15.1. The summed E-state index contributed by atoms with van der Waals surface area (Å²) in [5.41, 5.74) is 6.60. The summed E-state index contributed by atoms with van der Waals surface area (Å²) < 4.78 is 0. The second kappa shape index (κ2) is 12.9. The summed E-state index contributed by atoms with van der Waals surface area (Å²) in [6.45, 7) is 0. The first-order valence-corrected chi connectivity index (χ1v) is 8.34. The molecule has 4 heteroatoms. The Labute approximate surface area is 200 Å². The zero-order valence-corrected chi connectivity index (χ0v) is 18.9. The first-order valence-electron chi connectivity index (χ1n) is 8.34. The minimum Gasteiger partial charge on any atom is -1.00 e. The van der Waals surface area contributed by atoms with Gasteiger partial charge in [0.15, 0.2) is 0 Å². The number of benzene rings is 3. The molecule has 4 aromatic rings. The van der Waals surface area contributed by atoms with Gasteiger partial charge in [-0.1, -0.05) is 96.6 Å². The van der Waals surface area contributed by atoms with Crippen LogP contribution in [0.5, 0.6) is 0 Å². The monoisotopic (exact) mass is 460 g/mol. The minimum absolute atomic E-state index is 0. The Hall–Kier alpha value is -1.41. The fourth-order valence-corrected chi connectivity index (χ4v) is 3.41. The average molecular weight is 462 g/mol. The van der Waals surface area contributed by atoms with Crippen LogP contribution in [0.3, 0.4) is 0 Å². The molecule has 0 saturated carbocycles. The fourth-order valence-electron chi connectivity index (χ4n) is 3.41. The van der Waals surface area contributed by atoms with Crippen molar-refractivity contribution in [1.82, 2.24) is 0 Å². The third kappa shape index (κ3) is 5.80. The number of rotatable bonds is 4. The van der Waals surface area contributed by atoms with Crippen molar-refractivity contribution in [3.63, 3.8) is 0 Å². The molecule has 4 rings (SSSR count). The molecule has 0 aromatic heterocycles. The third-order valence-corrected chi connectivity index (χ3v) is 4.51. The minimum atomic E-state index is 0. The van der Waals surface area contributed by atoms with Gasteiger partial charge in [0.25, 0.3) is 0 Å². The van der Waals surface area contributed by atoms with Crippen LogP contribution in [0.2, 0.25) is 0 Å². The van der Waals surface area contributed by atoms with Crippen LogP contribution in [0, 0.1) is 0 Å². The van der Waals surface area contributed by atoms with Crippen LogP contribution in [-0.2, 0) is 21.7 Å². The van der Waals surface area contributed by atoms with Crippen molar-refractivity contribution in [1.29, 1.82) is 0 Å². The molecule has 0 aliphatic carbocycles.